The molecule has 1 aliphatic heterocycles. The van der Waals surface area contributed by atoms with Crippen LogP contribution in [0, 0.1) is 5.92 Å². The molecule has 2 aliphatic rings. The molecule has 0 bridgehead atoms. The summed E-state index contributed by atoms with van der Waals surface area (Å²) in [6.07, 6.45) is 6.07. The summed E-state index contributed by atoms with van der Waals surface area (Å²) in [6.45, 7) is 1.34. The molecule has 1 saturated carbocycles. The summed E-state index contributed by atoms with van der Waals surface area (Å²) in [4.78, 5) is 12.4. The van der Waals surface area contributed by atoms with Gasteiger partial charge in [0.2, 0.25) is 5.91 Å². The quantitative estimate of drug-likeness (QED) is 0.875. The first-order valence-corrected chi connectivity index (χ1v) is 8.62. The predicted molar refractivity (Wildman–Crippen MR) is 89.5 cm³/mol. The van der Waals surface area contributed by atoms with Gasteiger partial charge in [0, 0.05) is 18.6 Å². The molecule has 1 amide bonds. The van der Waals surface area contributed by atoms with Crippen molar-refractivity contribution in [1.29, 1.82) is 0 Å². The molecule has 126 valence electrons. The van der Waals surface area contributed by atoms with E-state index in [1.807, 2.05) is 24.3 Å². The molecule has 5 nitrogen and oxygen atoms in total. The van der Waals surface area contributed by atoms with Crippen molar-refractivity contribution in [3.63, 3.8) is 0 Å². The summed E-state index contributed by atoms with van der Waals surface area (Å²) >= 11 is 0. The molecule has 1 aliphatic carbocycles. The van der Waals surface area contributed by atoms with Gasteiger partial charge in [-0.25, -0.2) is 0 Å². The lowest BCUT2D eigenvalue weighted by Crippen LogP contribution is -2.26. The van der Waals surface area contributed by atoms with E-state index >= 15 is 0 Å². The van der Waals surface area contributed by atoms with E-state index in [2.05, 4.69) is 5.32 Å². The topological polar surface area (TPSA) is 73.6 Å². The zero-order chi connectivity index (χ0) is 16.1. The fourth-order valence-corrected chi connectivity index (χ4v) is 3.31. The maximum Gasteiger partial charge on any atom is 0.227 e. The van der Waals surface area contributed by atoms with Gasteiger partial charge in [-0.1, -0.05) is 12.1 Å². The highest BCUT2D eigenvalue weighted by molar-refractivity contribution is 5.94. The fraction of sp³-hybridized carbons (Fsp3) is 0.611. The molecule has 23 heavy (non-hydrogen) atoms. The summed E-state index contributed by atoms with van der Waals surface area (Å²) < 4.78 is 11.6. The number of hydrogen-bond acceptors (Lipinski definition) is 4. The van der Waals surface area contributed by atoms with Crippen molar-refractivity contribution >= 4 is 11.6 Å². The van der Waals surface area contributed by atoms with E-state index in [0.29, 0.717) is 12.4 Å². The van der Waals surface area contributed by atoms with Crippen LogP contribution >= 0.6 is 0 Å². The Morgan fingerprint density at radius 1 is 1.26 bits per heavy atom. The van der Waals surface area contributed by atoms with Crippen molar-refractivity contribution in [3.05, 3.63) is 24.3 Å². The molecular weight excluding hydrogens is 292 g/mol. The van der Waals surface area contributed by atoms with Crippen LogP contribution in [0.25, 0.3) is 0 Å². The van der Waals surface area contributed by atoms with Crippen molar-refractivity contribution in [2.24, 2.45) is 11.7 Å². The van der Waals surface area contributed by atoms with Gasteiger partial charge in [0.1, 0.15) is 12.4 Å². The minimum absolute atomic E-state index is 0.0136. The van der Waals surface area contributed by atoms with Crippen LogP contribution in [0.1, 0.15) is 38.5 Å². The highest BCUT2D eigenvalue weighted by Crippen LogP contribution is 2.29. The molecule has 0 radical (unpaired) electrons. The summed E-state index contributed by atoms with van der Waals surface area (Å²) in [7, 11) is 0. The molecule has 3 rings (SSSR count). The van der Waals surface area contributed by atoms with Gasteiger partial charge in [-0.05, 0) is 50.7 Å². The molecule has 0 spiro atoms. The van der Waals surface area contributed by atoms with E-state index in [0.717, 1.165) is 44.4 Å². The maximum atomic E-state index is 12.4. The largest absolute Gasteiger partial charge is 0.489 e. The van der Waals surface area contributed by atoms with Crippen LogP contribution in [0.15, 0.2) is 24.3 Å². The molecule has 5 heteroatoms. The van der Waals surface area contributed by atoms with E-state index in [4.69, 9.17) is 15.2 Å². The second kappa shape index (κ2) is 7.79. The molecule has 3 atom stereocenters. The van der Waals surface area contributed by atoms with Gasteiger partial charge >= 0.3 is 0 Å². The van der Waals surface area contributed by atoms with E-state index in [9.17, 15) is 4.79 Å². The molecule has 1 aromatic carbocycles. The lowest BCUT2D eigenvalue weighted by atomic mass is 10.1. The number of amides is 1. The SMILES string of the molecule is NC1CCC(C(=O)Nc2ccccc2OCC2CCCCO2)C1. The number of nitrogens with two attached hydrogens (primary N) is 1. The van der Waals surface area contributed by atoms with Gasteiger partial charge in [0.15, 0.2) is 0 Å². The Morgan fingerprint density at radius 3 is 2.87 bits per heavy atom. The van der Waals surface area contributed by atoms with E-state index in [1.54, 1.807) is 0 Å². The predicted octanol–water partition coefficient (Wildman–Crippen LogP) is 2.70. The molecule has 3 unspecified atom stereocenters. The highest BCUT2D eigenvalue weighted by atomic mass is 16.5. The lowest BCUT2D eigenvalue weighted by Gasteiger charge is -2.23. The third-order valence-corrected chi connectivity index (χ3v) is 4.69. The van der Waals surface area contributed by atoms with Crippen LogP contribution in [-0.2, 0) is 9.53 Å². The number of anilines is 1. The van der Waals surface area contributed by atoms with Crippen LogP contribution in [0.5, 0.6) is 5.75 Å². The van der Waals surface area contributed by atoms with Crippen LogP contribution < -0.4 is 15.8 Å². The summed E-state index contributed by atoms with van der Waals surface area (Å²) in [5.74, 6) is 0.764. The first kappa shape index (κ1) is 16.3. The van der Waals surface area contributed by atoms with Crippen molar-refractivity contribution in [2.75, 3.05) is 18.5 Å². The van der Waals surface area contributed by atoms with Crippen molar-refractivity contribution in [1.82, 2.24) is 0 Å². The number of carbonyl (C=O) groups is 1. The van der Waals surface area contributed by atoms with Gasteiger partial charge in [-0.3, -0.25) is 4.79 Å². The van der Waals surface area contributed by atoms with Gasteiger partial charge in [-0.15, -0.1) is 0 Å². The molecule has 1 saturated heterocycles. The third kappa shape index (κ3) is 4.45. The first-order chi connectivity index (χ1) is 11.2. The van der Waals surface area contributed by atoms with Gasteiger partial charge in [0.05, 0.1) is 11.8 Å². The Balaban J connectivity index is 1.57. The number of para-hydroxylation sites is 2. The minimum Gasteiger partial charge on any atom is -0.489 e. The summed E-state index contributed by atoms with van der Waals surface area (Å²) in [6, 6.07) is 7.74. The van der Waals surface area contributed by atoms with Crippen LogP contribution in [0.2, 0.25) is 0 Å². The number of ether oxygens (including phenoxy) is 2. The monoisotopic (exact) mass is 318 g/mol. The van der Waals surface area contributed by atoms with Crippen molar-refractivity contribution < 1.29 is 14.3 Å². The van der Waals surface area contributed by atoms with E-state index < -0.39 is 0 Å². The second-order valence-electron chi connectivity index (χ2n) is 6.56. The fourth-order valence-electron chi connectivity index (χ4n) is 3.31. The van der Waals surface area contributed by atoms with Gasteiger partial charge in [-0.2, -0.15) is 0 Å². The second-order valence-corrected chi connectivity index (χ2v) is 6.56. The van der Waals surface area contributed by atoms with Crippen LogP contribution in [0.4, 0.5) is 5.69 Å². The molecular formula is C18H26N2O3. The van der Waals surface area contributed by atoms with Gasteiger partial charge in [0.25, 0.3) is 0 Å². The Labute approximate surface area is 137 Å². The Kier molecular flexibility index (Phi) is 5.51. The minimum atomic E-state index is 0.0136. The zero-order valence-corrected chi connectivity index (χ0v) is 13.5. The van der Waals surface area contributed by atoms with Crippen molar-refractivity contribution in [2.45, 2.75) is 50.7 Å². The standard InChI is InChI=1S/C18H26N2O3/c19-14-9-8-13(11-14)18(21)20-16-6-1-2-7-17(16)23-12-15-5-3-4-10-22-15/h1-2,6-7,13-15H,3-5,8-12,19H2,(H,20,21). The number of hydrogen-bond donors (Lipinski definition) is 2. The van der Waals surface area contributed by atoms with Gasteiger partial charge < -0.3 is 20.5 Å². The number of benzene rings is 1. The Bertz CT molecular complexity index is 529. The van der Waals surface area contributed by atoms with E-state index in [1.165, 1.54) is 6.42 Å². The van der Waals surface area contributed by atoms with E-state index in [-0.39, 0.29) is 24.0 Å². The van der Waals surface area contributed by atoms with Crippen LogP contribution in [-0.4, -0.2) is 31.3 Å². The van der Waals surface area contributed by atoms with Crippen molar-refractivity contribution in [3.8, 4) is 5.75 Å². The van der Waals surface area contributed by atoms with Crippen LogP contribution in [0.3, 0.4) is 0 Å². The molecule has 1 aromatic rings. The molecule has 0 aromatic heterocycles. The average molecular weight is 318 g/mol. The lowest BCUT2D eigenvalue weighted by molar-refractivity contribution is -0.119. The molecule has 1 heterocycles. The number of nitrogens with one attached hydrogen (secondary N) is 1. The first-order valence-electron chi connectivity index (χ1n) is 8.62. The normalized spacial score (nSPS) is 27.6. The highest BCUT2D eigenvalue weighted by Gasteiger charge is 2.28. The maximum absolute atomic E-state index is 12.4. The Morgan fingerprint density at radius 2 is 2.13 bits per heavy atom. The third-order valence-electron chi connectivity index (χ3n) is 4.69. The molecule has 3 N–H and O–H groups in total. The zero-order valence-electron chi connectivity index (χ0n) is 13.5. The summed E-state index contributed by atoms with van der Waals surface area (Å²) in [5, 5.41) is 3.00. The summed E-state index contributed by atoms with van der Waals surface area (Å²) in [5.41, 5.74) is 6.63. The number of carbonyl (C=O) groups excluding carboxylic acids is 1. The number of rotatable bonds is 5. The smallest absolute Gasteiger partial charge is 0.227 e. The molecule has 2 fully saturated rings. The Hall–Kier alpha value is -1.59. The average Bonchev–Trinajstić information content (AvgIpc) is 3.02.